The van der Waals surface area contributed by atoms with E-state index in [1.807, 2.05) is 18.2 Å². The molecule has 5 nitrogen and oxygen atoms in total. The Bertz CT molecular complexity index is 941. The van der Waals surface area contributed by atoms with E-state index >= 15 is 0 Å². The van der Waals surface area contributed by atoms with Crippen LogP contribution in [-0.4, -0.2) is 34.1 Å². The highest BCUT2D eigenvalue weighted by Gasteiger charge is 2.47. The number of alkyl halides is 5. The molecule has 0 saturated carbocycles. The molecule has 2 aromatic rings. The molecule has 0 aliphatic carbocycles. The quantitative estimate of drug-likeness (QED) is 0.115. The summed E-state index contributed by atoms with van der Waals surface area (Å²) in [5.41, 5.74) is -2.58. The highest BCUT2D eigenvalue weighted by atomic mass is 32.2. The van der Waals surface area contributed by atoms with Crippen LogP contribution in [0.3, 0.4) is 0 Å². The van der Waals surface area contributed by atoms with Crippen LogP contribution in [-0.2, 0) is 17.5 Å². The fraction of sp³-hybridized carbons (Fsp3) is 0.455. The number of unbranched alkanes of at least 4 members (excludes halogenated alkanes) is 2. The summed E-state index contributed by atoms with van der Waals surface area (Å²) in [5.74, 6) is 0.236. The van der Waals surface area contributed by atoms with E-state index in [9.17, 15) is 26.5 Å². The van der Waals surface area contributed by atoms with Crippen molar-refractivity contribution in [1.29, 1.82) is 0 Å². The fourth-order valence-corrected chi connectivity index (χ4v) is 4.42. The number of aryl methyl sites for hydroxylation is 1. The zero-order valence-corrected chi connectivity index (χ0v) is 19.9. The van der Waals surface area contributed by atoms with Gasteiger partial charge in [0.15, 0.2) is 0 Å². The van der Waals surface area contributed by atoms with Crippen molar-refractivity contribution in [3.63, 3.8) is 0 Å². The van der Waals surface area contributed by atoms with E-state index < -0.39 is 32.6 Å². The van der Waals surface area contributed by atoms with Crippen molar-refractivity contribution in [2.24, 2.45) is 0 Å². The lowest BCUT2D eigenvalue weighted by Gasteiger charge is -2.18. The zero-order valence-electron chi connectivity index (χ0n) is 18.2. The lowest BCUT2D eigenvalue weighted by atomic mass is 10.1. The van der Waals surface area contributed by atoms with Crippen molar-refractivity contribution in [2.75, 3.05) is 12.3 Å². The van der Waals surface area contributed by atoms with Crippen LogP contribution in [0.4, 0.5) is 22.0 Å². The van der Waals surface area contributed by atoms with Crippen LogP contribution in [0.15, 0.2) is 53.4 Å². The van der Waals surface area contributed by atoms with Crippen molar-refractivity contribution in [3.05, 3.63) is 59.7 Å². The first-order valence-corrected chi connectivity index (χ1v) is 13.2. The van der Waals surface area contributed by atoms with Gasteiger partial charge in [-0.15, -0.1) is 24.9 Å². The predicted octanol–water partition coefficient (Wildman–Crippen LogP) is 6.34. The molecule has 2 rings (SSSR count). The molecule has 0 heterocycles. The van der Waals surface area contributed by atoms with Crippen LogP contribution in [0.25, 0.3) is 0 Å². The highest BCUT2D eigenvalue weighted by molar-refractivity contribution is 7.99. The smallest absolute Gasteiger partial charge is 0.405 e. The average Bonchev–Trinajstić information content (AvgIpc) is 2.73. The van der Waals surface area contributed by atoms with Crippen molar-refractivity contribution >= 4 is 19.4 Å². The summed E-state index contributed by atoms with van der Waals surface area (Å²) in [5, 5.41) is 2.55. The Labute approximate surface area is 199 Å². The second-order valence-corrected chi connectivity index (χ2v) is 10.5. The normalized spacial score (nSPS) is 12.7. The summed E-state index contributed by atoms with van der Waals surface area (Å²) in [4.78, 5) is 17.5. The molecule has 190 valence electrons. The third-order valence-electron chi connectivity index (χ3n) is 4.80. The van der Waals surface area contributed by atoms with E-state index in [-0.39, 0.29) is 12.3 Å². The Kier molecular flexibility index (Phi) is 10.8. The summed E-state index contributed by atoms with van der Waals surface area (Å²) >= 11 is 1.25. The number of halogens is 5. The van der Waals surface area contributed by atoms with Gasteiger partial charge in [-0.3, -0.25) is 4.57 Å². The summed E-state index contributed by atoms with van der Waals surface area (Å²) in [7, 11) is -5.57. The van der Waals surface area contributed by atoms with Gasteiger partial charge in [-0.05, 0) is 48.3 Å². The Morgan fingerprint density at radius 1 is 0.941 bits per heavy atom. The van der Waals surface area contributed by atoms with Gasteiger partial charge in [-0.2, -0.15) is 8.78 Å². The number of thioether (sulfide) groups is 1. The molecule has 0 aromatic heterocycles. The van der Waals surface area contributed by atoms with E-state index in [0.29, 0.717) is 16.2 Å². The number of rotatable bonds is 14. The van der Waals surface area contributed by atoms with Crippen LogP contribution in [0.2, 0.25) is 0 Å². The maximum Gasteiger partial charge on any atom is 0.573 e. The lowest BCUT2D eigenvalue weighted by Crippen LogP contribution is -2.25. The van der Waals surface area contributed by atoms with Crippen LogP contribution in [0, 0.1) is 0 Å². The van der Waals surface area contributed by atoms with Crippen LogP contribution >= 0.6 is 19.4 Å². The molecule has 0 unspecified atom stereocenters. The number of hydrogen-bond donors (Lipinski definition) is 3. The standard InChI is InChI=1S/C22H27F5NO4PS/c23-21(24,33(29,30)31)12-13-28-16-18-10-11-20(19(15-18)32-22(25,26)27)34-14-6-2-5-9-17-7-3-1-4-8-17/h1,3-4,7-8,10-11,15,28H,2,5-6,9,12-14,16H2,(H2,29,30,31). The van der Waals surface area contributed by atoms with Gasteiger partial charge in [0.05, 0.1) is 0 Å². The third-order valence-corrected chi connectivity index (χ3v) is 7.02. The van der Waals surface area contributed by atoms with Crippen LogP contribution in [0.5, 0.6) is 5.75 Å². The van der Waals surface area contributed by atoms with E-state index in [4.69, 9.17) is 9.79 Å². The topological polar surface area (TPSA) is 78.8 Å². The minimum Gasteiger partial charge on any atom is -0.405 e. The molecule has 0 saturated heterocycles. The third kappa shape index (κ3) is 10.3. The molecule has 12 heteroatoms. The Morgan fingerprint density at radius 2 is 1.65 bits per heavy atom. The molecule has 0 fully saturated rings. The molecule has 0 bridgehead atoms. The summed E-state index contributed by atoms with van der Waals surface area (Å²) < 4.78 is 80.0. The second-order valence-electron chi connectivity index (χ2n) is 7.61. The van der Waals surface area contributed by atoms with Gasteiger partial charge >= 0.3 is 19.6 Å². The maximum atomic E-state index is 13.3. The van der Waals surface area contributed by atoms with Crippen molar-refractivity contribution < 1.29 is 41.0 Å². The van der Waals surface area contributed by atoms with Gasteiger partial charge in [0.25, 0.3) is 0 Å². The Hall–Kier alpha value is -1.65. The maximum absolute atomic E-state index is 13.3. The minimum atomic E-state index is -5.57. The molecule has 2 aromatic carbocycles. The molecule has 0 aliphatic heterocycles. The second kappa shape index (κ2) is 12.9. The van der Waals surface area contributed by atoms with E-state index in [2.05, 4.69) is 22.2 Å². The zero-order chi connectivity index (χ0) is 25.2. The van der Waals surface area contributed by atoms with E-state index in [0.717, 1.165) is 25.7 Å². The number of hydrogen-bond acceptors (Lipinski definition) is 4. The van der Waals surface area contributed by atoms with Gasteiger partial charge < -0.3 is 19.8 Å². The van der Waals surface area contributed by atoms with Gasteiger partial charge in [-0.1, -0.05) is 42.8 Å². The van der Waals surface area contributed by atoms with Gasteiger partial charge in [0.1, 0.15) is 5.75 Å². The highest BCUT2D eigenvalue weighted by Crippen LogP contribution is 2.54. The van der Waals surface area contributed by atoms with Crippen LogP contribution in [0.1, 0.15) is 36.8 Å². The number of ether oxygens (including phenoxy) is 1. The Morgan fingerprint density at radius 3 is 2.29 bits per heavy atom. The first kappa shape index (κ1) is 28.6. The fourth-order valence-electron chi connectivity index (χ4n) is 3.04. The van der Waals surface area contributed by atoms with Crippen molar-refractivity contribution in [2.45, 2.75) is 55.6 Å². The summed E-state index contributed by atoms with van der Waals surface area (Å²) in [6.07, 6.45) is -2.33. The summed E-state index contributed by atoms with van der Waals surface area (Å²) in [6.45, 7) is -0.511. The Balaban J connectivity index is 1.85. The predicted molar refractivity (Wildman–Crippen MR) is 121 cm³/mol. The molecule has 0 amide bonds. The monoisotopic (exact) mass is 527 g/mol. The molecule has 0 radical (unpaired) electrons. The van der Waals surface area contributed by atoms with Gasteiger partial charge in [-0.25, -0.2) is 0 Å². The molecular weight excluding hydrogens is 500 g/mol. The molecule has 34 heavy (non-hydrogen) atoms. The molecule has 0 spiro atoms. The van der Waals surface area contributed by atoms with Gasteiger partial charge in [0.2, 0.25) is 0 Å². The number of benzene rings is 2. The largest absolute Gasteiger partial charge is 0.573 e. The SMILES string of the molecule is O=P(O)(O)C(F)(F)CCNCc1ccc(SCCCCCc2ccccc2)c(OC(F)(F)F)c1. The van der Waals surface area contributed by atoms with E-state index in [1.165, 1.54) is 29.5 Å². The van der Waals surface area contributed by atoms with Crippen molar-refractivity contribution in [1.82, 2.24) is 5.32 Å². The molecule has 3 N–H and O–H groups in total. The lowest BCUT2D eigenvalue weighted by molar-refractivity contribution is -0.275. The first-order chi connectivity index (χ1) is 15.9. The van der Waals surface area contributed by atoms with E-state index in [1.54, 1.807) is 6.07 Å². The first-order valence-electron chi connectivity index (χ1n) is 10.6. The molecule has 0 aliphatic rings. The molecular formula is C22H27F5NO4PS. The van der Waals surface area contributed by atoms with Gasteiger partial charge in [0, 0.05) is 24.4 Å². The van der Waals surface area contributed by atoms with Crippen molar-refractivity contribution in [3.8, 4) is 5.75 Å². The number of nitrogens with one attached hydrogen (secondary N) is 1. The van der Waals surface area contributed by atoms with Crippen LogP contribution < -0.4 is 10.1 Å². The average molecular weight is 527 g/mol. The minimum absolute atomic E-state index is 0.0735. The molecule has 0 atom stereocenters. The summed E-state index contributed by atoms with van der Waals surface area (Å²) in [6, 6.07) is 14.2.